The van der Waals surface area contributed by atoms with E-state index in [2.05, 4.69) is 10.9 Å². The summed E-state index contributed by atoms with van der Waals surface area (Å²) in [5, 5.41) is 9.41. The van der Waals surface area contributed by atoms with Crippen molar-refractivity contribution in [2.75, 3.05) is 0 Å². The minimum absolute atomic E-state index is 0.0998. The average Bonchev–Trinajstić information content (AvgIpc) is 3.23. The van der Waals surface area contributed by atoms with Gasteiger partial charge in [0.1, 0.15) is 5.75 Å². The lowest BCUT2D eigenvalue weighted by Gasteiger charge is -2.24. The molecule has 0 heterocycles. The Morgan fingerprint density at radius 3 is 2.37 bits per heavy atom. The minimum atomic E-state index is -0.982. The van der Waals surface area contributed by atoms with Crippen molar-refractivity contribution in [1.82, 2.24) is 10.9 Å². The molecule has 1 fully saturated rings. The molecule has 0 radical (unpaired) electrons. The van der Waals surface area contributed by atoms with Crippen LogP contribution in [0, 0.1) is 37.5 Å². The van der Waals surface area contributed by atoms with E-state index in [0.29, 0.717) is 12.2 Å². The average molecular weight is 372 g/mol. The van der Waals surface area contributed by atoms with Crippen molar-refractivity contribution in [1.29, 1.82) is 0 Å². The second-order valence-corrected chi connectivity index (χ2v) is 7.32. The molecule has 2 amide bonds. The number of hydrogen-bond acceptors (Lipinski definition) is 4. The molecule has 2 aliphatic carbocycles. The lowest BCUT2D eigenvalue weighted by Crippen LogP contribution is -2.51. The van der Waals surface area contributed by atoms with Gasteiger partial charge in [-0.1, -0.05) is 18.2 Å². The van der Waals surface area contributed by atoms with Gasteiger partial charge in [0.05, 0.1) is 11.8 Å². The van der Waals surface area contributed by atoms with Gasteiger partial charge in [-0.2, -0.15) is 0 Å². The van der Waals surface area contributed by atoms with E-state index >= 15 is 0 Å². The van der Waals surface area contributed by atoms with Crippen molar-refractivity contribution >= 4 is 17.8 Å². The van der Waals surface area contributed by atoms with Gasteiger partial charge < -0.3 is 9.84 Å². The highest BCUT2D eigenvalue weighted by Gasteiger charge is 2.51. The fourth-order valence-corrected chi connectivity index (χ4v) is 3.87. The summed E-state index contributed by atoms with van der Waals surface area (Å²) >= 11 is 0. The number of carboxylic acids is 1. The third-order valence-electron chi connectivity index (χ3n) is 5.52. The highest BCUT2D eigenvalue weighted by molar-refractivity contribution is 5.89. The standard InChI is InChI=1S/C20H24N2O5/c1-10-4-7-15(8-11(10)2)27-12(3)18(23)21-22-19(24)16-13-5-6-14(9-13)17(16)20(25)26/h4-8,12-14,16-17H,9H2,1-3H3,(H,21,23)(H,22,24)(H,25,26)/t12-,13+,14-,16-,17-/m0/s1. The fourth-order valence-electron chi connectivity index (χ4n) is 3.87. The van der Waals surface area contributed by atoms with Gasteiger partial charge in [0, 0.05) is 0 Å². The molecule has 144 valence electrons. The molecule has 0 spiro atoms. The number of hydrazine groups is 1. The molecule has 27 heavy (non-hydrogen) atoms. The Labute approximate surface area is 157 Å². The minimum Gasteiger partial charge on any atom is -0.481 e. The molecular formula is C20H24N2O5. The van der Waals surface area contributed by atoms with Crippen LogP contribution in [0.3, 0.4) is 0 Å². The van der Waals surface area contributed by atoms with Crippen molar-refractivity contribution < 1.29 is 24.2 Å². The Hall–Kier alpha value is -2.83. The van der Waals surface area contributed by atoms with Gasteiger partial charge in [0.25, 0.3) is 5.91 Å². The van der Waals surface area contributed by atoms with Crippen LogP contribution in [0.5, 0.6) is 5.75 Å². The molecule has 0 saturated heterocycles. The summed E-state index contributed by atoms with van der Waals surface area (Å²) in [5.41, 5.74) is 6.89. The summed E-state index contributed by atoms with van der Waals surface area (Å²) in [6.45, 7) is 5.52. The number of hydrogen-bond donors (Lipinski definition) is 3. The number of rotatable bonds is 5. The van der Waals surface area contributed by atoms with Gasteiger partial charge >= 0.3 is 5.97 Å². The first-order chi connectivity index (χ1) is 12.8. The number of carbonyl (C=O) groups is 3. The molecule has 1 aromatic carbocycles. The zero-order chi connectivity index (χ0) is 19.7. The molecule has 7 heteroatoms. The highest BCUT2D eigenvalue weighted by atomic mass is 16.5. The summed E-state index contributed by atoms with van der Waals surface area (Å²) in [7, 11) is 0. The van der Waals surface area contributed by atoms with Crippen LogP contribution in [0.15, 0.2) is 30.4 Å². The first-order valence-electron chi connectivity index (χ1n) is 9.02. The molecule has 3 N–H and O–H groups in total. The van der Waals surface area contributed by atoms with E-state index in [-0.39, 0.29) is 11.8 Å². The number of carboxylic acid groups (broad SMARTS) is 1. The molecule has 1 aromatic rings. The number of amides is 2. The van der Waals surface area contributed by atoms with Gasteiger partial charge in [0.2, 0.25) is 5.91 Å². The third-order valence-corrected chi connectivity index (χ3v) is 5.52. The summed E-state index contributed by atoms with van der Waals surface area (Å²) in [4.78, 5) is 36.2. The first kappa shape index (κ1) is 18.9. The molecular weight excluding hydrogens is 348 g/mol. The van der Waals surface area contributed by atoms with E-state index in [1.54, 1.807) is 13.0 Å². The predicted molar refractivity (Wildman–Crippen MR) is 97.6 cm³/mol. The summed E-state index contributed by atoms with van der Waals surface area (Å²) < 4.78 is 5.61. The van der Waals surface area contributed by atoms with E-state index < -0.39 is 35.7 Å². The normalized spacial score (nSPS) is 26.5. The second-order valence-electron chi connectivity index (χ2n) is 7.32. The van der Waals surface area contributed by atoms with Crippen LogP contribution in [-0.4, -0.2) is 29.0 Å². The molecule has 5 atom stereocenters. The Morgan fingerprint density at radius 1 is 1.07 bits per heavy atom. The molecule has 7 nitrogen and oxygen atoms in total. The predicted octanol–water partition coefficient (Wildman–Crippen LogP) is 1.74. The molecule has 1 saturated carbocycles. The lowest BCUT2D eigenvalue weighted by atomic mass is 9.82. The van der Waals surface area contributed by atoms with Gasteiger partial charge in [-0.15, -0.1) is 0 Å². The smallest absolute Gasteiger partial charge is 0.307 e. The van der Waals surface area contributed by atoms with Crippen LogP contribution >= 0.6 is 0 Å². The number of ether oxygens (including phenoxy) is 1. The van der Waals surface area contributed by atoms with E-state index in [1.807, 2.05) is 38.1 Å². The Balaban J connectivity index is 1.55. The number of aryl methyl sites for hydroxylation is 2. The number of benzene rings is 1. The van der Waals surface area contributed by atoms with E-state index in [4.69, 9.17) is 4.74 Å². The summed E-state index contributed by atoms with van der Waals surface area (Å²) in [5.74, 6) is -3.04. The number of nitrogens with one attached hydrogen (secondary N) is 2. The number of carbonyl (C=O) groups excluding carboxylic acids is 2. The first-order valence-corrected chi connectivity index (χ1v) is 9.02. The highest BCUT2D eigenvalue weighted by Crippen LogP contribution is 2.48. The number of allylic oxidation sites excluding steroid dienone is 2. The van der Waals surface area contributed by atoms with Crippen molar-refractivity contribution in [3.05, 3.63) is 41.5 Å². The quantitative estimate of drug-likeness (QED) is 0.539. The van der Waals surface area contributed by atoms with E-state index in [9.17, 15) is 19.5 Å². The maximum Gasteiger partial charge on any atom is 0.307 e. The van der Waals surface area contributed by atoms with Gasteiger partial charge in [-0.25, -0.2) is 0 Å². The topological polar surface area (TPSA) is 105 Å². The maximum absolute atomic E-state index is 12.5. The monoisotopic (exact) mass is 372 g/mol. The largest absolute Gasteiger partial charge is 0.481 e. The lowest BCUT2D eigenvalue weighted by molar-refractivity contribution is -0.148. The van der Waals surface area contributed by atoms with Crippen molar-refractivity contribution in [3.63, 3.8) is 0 Å². The van der Waals surface area contributed by atoms with Crippen LogP contribution < -0.4 is 15.6 Å². The van der Waals surface area contributed by atoms with Crippen LogP contribution in [0.25, 0.3) is 0 Å². The fraction of sp³-hybridized carbons (Fsp3) is 0.450. The second kappa shape index (κ2) is 7.42. The van der Waals surface area contributed by atoms with Crippen molar-refractivity contribution in [3.8, 4) is 5.75 Å². The molecule has 2 bridgehead atoms. The van der Waals surface area contributed by atoms with Gasteiger partial charge in [-0.05, 0) is 62.3 Å². The number of fused-ring (bicyclic) bond motifs is 2. The third kappa shape index (κ3) is 3.82. The van der Waals surface area contributed by atoms with E-state index in [1.165, 1.54) is 0 Å². The molecule has 2 aliphatic rings. The molecule has 0 aliphatic heterocycles. The SMILES string of the molecule is Cc1ccc(O[C@@H](C)C(=O)NNC(=O)[C@@H]2[C@@H](C(=O)O)[C@H]3C=C[C@@H]2C3)cc1C. The Bertz CT molecular complexity index is 804. The van der Waals surface area contributed by atoms with Crippen LogP contribution in [-0.2, 0) is 14.4 Å². The van der Waals surface area contributed by atoms with E-state index in [0.717, 1.165) is 11.1 Å². The Kier molecular flexibility index (Phi) is 5.21. The maximum atomic E-state index is 12.5. The summed E-state index contributed by atoms with van der Waals surface area (Å²) in [6.07, 6.45) is 3.60. The van der Waals surface area contributed by atoms with Crippen LogP contribution in [0.4, 0.5) is 0 Å². The zero-order valence-electron chi connectivity index (χ0n) is 15.6. The van der Waals surface area contributed by atoms with Crippen LogP contribution in [0.1, 0.15) is 24.5 Å². The van der Waals surface area contributed by atoms with Crippen LogP contribution in [0.2, 0.25) is 0 Å². The molecule has 0 aromatic heterocycles. The molecule has 3 rings (SSSR count). The van der Waals surface area contributed by atoms with Crippen molar-refractivity contribution in [2.24, 2.45) is 23.7 Å². The van der Waals surface area contributed by atoms with Gasteiger partial charge in [-0.3, -0.25) is 25.2 Å². The Morgan fingerprint density at radius 2 is 1.74 bits per heavy atom. The van der Waals surface area contributed by atoms with Gasteiger partial charge in [0.15, 0.2) is 6.10 Å². The van der Waals surface area contributed by atoms with Crippen molar-refractivity contribution in [2.45, 2.75) is 33.3 Å². The molecule has 0 unspecified atom stereocenters. The number of aliphatic carboxylic acids is 1. The zero-order valence-corrected chi connectivity index (χ0v) is 15.6. The summed E-state index contributed by atoms with van der Waals surface area (Å²) in [6, 6.07) is 5.53.